The van der Waals surface area contributed by atoms with Gasteiger partial charge in [-0.05, 0) is 25.0 Å². The van der Waals surface area contributed by atoms with Gasteiger partial charge in [0.15, 0.2) is 5.54 Å². The van der Waals surface area contributed by atoms with E-state index in [2.05, 4.69) is 32.6 Å². The van der Waals surface area contributed by atoms with Gasteiger partial charge in [0.25, 0.3) is 5.92 Å². The summed E-state index contributed by atoms with van der Waals surface area (Å²) in [7, 11) is 0. The molecule has 7 nitrogen and oxygen atoms in total. The Kier molecular flexibility index (Phi) is 3.99. The first-order chi connectivity index (χ1) is 13.2. The van der Waals surface area contributed by atoms with Crippen molar-refractivity contribution in [1.29, 1.82) is 0 Å². The molecule has 2 aliphatic rings. The number of halogens is 3. The van der Waals surface area contributed by atoms with Gasteiger partial charge in [-0.15, -0.1) is 0 Å². The number of nitrogen functional groups attached to an aromatic ring is 1. The quantitative estimate of drug-likeness (QED) is 0.701. The van der Waals surface area contributed by atoms with Crippen molar-refractivity contribution < 1.29 is 18.0 Å². The average Bonchev–Trinajstić information content (AvgIpc) is 3.35. The molecule has 2 heterocycles. The highest BCUT2D eigenvalue weighted by molar-refractivity contribution is 5.95. The number of hydrogen-bond acceptors (Lipinski definition) is 4. The number of nitrogens with zero attached hydrogens (tertiary/aromatic N) is 3. The number of carbonyl (C=O) groups excluding carboxylic acids is 1. The minimum absolute atomic E-state index is 0.0221. The molecule has 10 heteroatoms. The van der Waals surface area contributed by atoms with Crippen molar-refractivity contribution in [3.63, 3.8) is 0 Å². The number of hydrogen-bond donors (Lipinski definition) is 3. The third kappa shape index (κ3) is 3.02. The summed E-state index contributed by atoms with van der Waals surface area (Å²) in [5.74, 6) is 1.22. The van der Waals surface area contributed by atoms with Gasteiger partial charge in [0, 0.05) is 29.7 Å². The molecule has 1 fully saturated rings. The highest BCUT2D eigenvalue weighted by Crippen LogP contribution is 2.44. The molecule has 0 saturated heterocycles. The van der Waals surface area contributed by atoms with E-state index in [0.29, 0.717) is 6.92 Å². The molecule has 2 aromatic rings. The van der Waals surface area contributed by atoms with Crippen LogP contribution in [0.2, 0.25) is 0 Å². The molecule has 4 N–H and O–H groups in total. The standard InChI is InChI=1S/C18H17F3N6O/c1-17(20,21)18(5-4-10-2-3-10)12-7-13(19)11(6-14(12)25-16(28)26-18)8-27-15(22)23-9-24-27/h6-7,9-10H,2-3,8H2,1H3,(H2,22,23,24)(H2,25,26,28)/t18-/m0/s1. The van der Waals surface area contributed by atoms with Gasteiger partial charge in [0.2, 0.25) is 5.95 Å². The van der Waals surface area contributed by atoms with E-state index in [1.807, 2.05) is 0 Å². The molecule has 1 aromatic carbocycles. The number of nitrogens with one attached hydrogen (secondary N) is 2. The number of aromatic nitrogens is 3. The van der Waals surface area contributed by atoms with Gasteiger partial charge in [-0.3, -0.25) is 0 Å². The van der Waals surface area contributed by atoms with Gasteiger partial charge in [0.1, 0.15) is 12.1 Å². The summed E-state index contributed by atoms with van der Waals surface area (Å²) in [5, 5.41) is 8.55. The van der Waals surface area contributed by atoms with E-state index >= 15 is 0 Å². The van der Waals surface area contributed by atoms with Crippen LogP contribution in [0.25, 0.3) is 0 Å². The minimum atomic E-state index is -3.45. The number of amides is 2. The molecule has 1 aliphatic heterocycles. The third-order valence-corrected chi connectivity index (χ3v) is 4.81. The molecule has 28 heavy (non-hydrogen) atoms. The van der Waals surface area contributed by atoms with Crippen LogP contribution in [0.3, 0.4) is 0 Å². The Morgan fingerprint density at radius 1 is 1.43 bits per heavy atom. The zero-order chi connectivity index (χ0) is 20.1. The molecule has 0 bridgehead atoms. The van der Waals surface area contributed by atoms with Crippen LogP contribution in [0.15, 0.2) is 18.5 Å². The van der Waals surface area contributed by atoms with E-state index in [4.69, 9.17) is 5.73 Å². The highest BCUT2D eigenvalue weighted by atomic mass is 19.3. The maximum absolute atomic E-state index is 14.8. The lowest BCUT2D eigenvalue weighted by molar-refractivity contribution is -0.0465. The van der Waals surface area contributed by atoms with Gasteiger partial charge >= 0.3 is 6.03 Å². The number of alkyl halides is 2. The maximum Gasteiger partial charge on any atom is 0.320 e. The van der Waals surface area contributed by atoms with Crippen LogP contribution in [-0.2, 0) is 12.1 Å². The Labute approximate surface area is 158 Å². The third-order valence-electron chi connectivity index (χ3n) is 4.81. The van der Waals surface area contributed by atoms with Crippen molar-refractivity contribution in [3.05, 3.63) is 35.4 Å². The SMILES string of the molecule is CC(F)(F)[C@@]1(C#CC2CC2)NC(=O)Nc2cc(Cn3ncnc3N)c(F)cc21. The number of fused-ring (bicyclic) bond motifs is 1. The Balaban J connectivity index is 1.84. The second-order valence-electron chi connectivity index (χ2n) is 7.03. The Morgan fingerprint density at radius 3 is 2.79 bits per heavy atom. The van der Waals surface area contributed by atoms with E-state index in [1.165, 1.54) is 17.1 Å². The van der Waals surface area contributed by atoms with Crippen LogP contribution in [0.5, 0.6) is 0 Å². The number of urea groups is 1. The Hall–Kier alpha value is -3.22. The summed E-state index contributed by atoms with van der Waals surface area (Å²) in [6.07, 6.45) is 2.86. The second-order valence-corrected chi connectivity index (χ2v) is 7.03. The van der Waals surface area contributed by atoms with Crippen molar-refractivity contribution in [2.75, 3.05) is 11.1 Å². The highest BCUT2D eigenvalue weighted by Gasteiger charge is 2.55. The van der Waals surface area contributed by atoms with Gasteiger partial charge in [0.05, 0.1) is 6.54 Å². The van der Waals surface area contributed by atoms with Crippen molar-refractivity contribution in [1.82, 2.24) is 20.1 Å². The first kappa shape index (κ1) is 18.2. The van der Waals surface area contributed by atoms with E-state index in [1.54, 1.807) is 0 Å². The number of benzene rings is 1. The van der Waals surface area contributed by atoms with Crippen LogP contribution in [0.1, 0.15) is 30.9 Å². The van der Waals surface area contributed by atoms with E-state index in [9.17, 15) is 18.0 Å². The molecule has 1 saturated carbocycles. The lowest BCUT2D eigenvalue weighted by Crippen LogP contribution is -2.59. The van der Waals surface area contributed by atoms with Crippen LogP contribution in [-0.4, -0.2) is 26.7 Å². The summed E-state index contributed by atoms with van der Waals surface area (Å²) in [4.78, 5) is 15.9. The molecule has 0 unspecified atom stereocenters. The summed E-state index contributed by atoms with van der Waals surface area (Å²) >= 11 is 0. The first-order valence-electron chi connectivity index (χ1n) is 8.65. The van der Waals surface area contributed by atoms with Crippen LogP contribution in [0.4, 0.5) is 29.6 Å². The number of carbonyl (C=O) groups is 1. The lowest BCUT2D eigenvalue weighted by atomic mass is 9.81. The number of nitrogens with two attached hydrogens (primary N) is 1. The van der Waals surface area contributed by atoms with Crippen molar-refractivity contribution in [2.45, 2.75) is 37.8 Å². The Bertz CT molecular complexity index is 1010. The fourth-order valence-corrected chi connectivity index (χ4v) is 3.09. The fraction of sp³-hybridized carbons (Fsp3) is 0.389. The van der Waals surface area contributed by atoms with Crippen molar-refractivity contribution in [2.24, 2.45) is 5.92 Å². The normalized spacial score (nSPS) is 21.2. The number of anilines is 2. The fourth-order valence-electron chi connectivity index (χ4n) is 3.09. The molecular formula is C18H17F3N6O. The van der Waals surface area contributed by atoms with Gasteiger partial charge in [-0.2, -0.15) is 5.10 Å². The summed E-state index contributed by atoms with van der Waals surface area (Å²) in [6.45, 7) is 0.587. The molecule has 0 radical (unpaired) electrons. The Morgan fingerprint density at radius 2 is 2.18 bits per heavy atom. The number of rotatable bonds is 3. The van der Waals surface area contributed by atoms with E-state index in [-0.39, 0.29) is 35.2 Å². The monoisotopic (exact) mass is 390 g/mol. The van der Waals surface area contributed by atoms with Gasteiger partial charge in [-0.1, -0.05) is 11.8 Å². The minimum Gasteiger partial charge on any atom is -0.368 e. The summed E-state index contributed by atoms with van der Waals surface area (Å²) in [5.41, 5.74) is 3.37. The molecule has 2 amide bonds. The second kappa shape index (κ2) is 6.15. The average molecular weight is 390 g/mol. The van der Waals surface area contributed by atoms with Crippen LogP contribution < -0.4 is 16.4 Å². The molecule has 0 spiro atoms. The lowest BCUT2D eigenvalue weighted by Gasteiger charge is -2.40. The van der Waals surface area contributed by atoms with Crippen molar-refractivity contribution in [3.8, 4) is 11.8 Å². The molecule has 146 valence electrons. The van der Waals surface area contributed by atoms with Crippen LogP contribution >= 0.6 is 0 Å². The zero-order valence-electron chi connectivity index (χ0n) is 14.9. The molecule has 4 rings (SSSR count). The van der Waals surface area contributed by atoms with Crippen LogP contribution in [0, 0.1) is 23.6 Å². The predicted octanol–water partition coefficient (Wildman–Crippen LogP) is 2.45. The predicted molar refractivity (Wildman–Crippen MR) is 94.9 cm³/mol. The van der Waals surface area contributed by atoms with E-state index in [0.717, 1.165) is 18.9 Å². The molecule has 1 aromatic heterocycles. The molecular weight excluding hydrogens is 373 g/mol. The van der Waals surface area contributed by atoms with E-state index < -0.39 is 23.3 Å². The van der Waals surface area contributed by atoms with Crippen molar-refractivity contribution >= 4 is 17.7 Å². The van der Waals surface area contributed by atoms with Gasteiger partial charge in [-0.25, -0.2) is 27.6 Å². The zero-order valence-corrected chi connectivity index (χ0v) is 14.9. The topological polar surface area (TPSA) is 97.9 Å². The molecule has 1 atom stereocenters. The first-order valence-corrected chi connectivity index (χ1v) is 8.65. The maximum atomic E-state index is 14.8. The summed E-state index contributed by atoms with van der Waals surface area (Å²) < 4.78 is 45.4. The molecule has 1 aliphatic carbocycles. The largest absolute Gasteiger partial charge is 0.368 e. The summed E-state index contributed by atoms with van der Waals surface area (Å²) in [6, 6.07) is 1.43. The van der Waals surface area contributed by atoms with Gasteiger partial charge < -0.3 is 16.4 Å². The smallest absolute Gasteiger partial charge is 0.320 e.